The van der Waals surface area contributed by atoms with E-state index in [1.54, 1.807) is 31.2 Å². The number of primary amides is 1. The molecule has 0 aliphatic rings. The number of amides is 2. The van der Waals surface area contributed by atoms with Gasteiger partial charge in [0.05, 0.1) is 11.3 Å². The molecule has 25 heavy (non-hydrogen) atoms. The smallest absolute Gasteiger partial charge is 0.265 e. The van der Waals surface area contributed by atoms with E-state index in [1.807, 2.05) is 25.1 Å². The standard InChI is InChI=1S/C20H24N2O3/c1-12(2)16-10-9-15(11-13(16)3)25-14(4)20(24)22-18-8-6-5-7-17(18)19(21)23/h5-12,14H,1-4H3,(H2,21,23)(H,22,24). The van der Waals surface area contributed by atoms with Crippen LogP contribution in [0, 0.1) is 6.92 Å². The van der Waals surface area contributed by atoms with Gasteiger partial charge in [0.1, 0.15) is 5.75 Å². The molecule has 132 valence electrons. The van der Waals surface area contributed by atoms with Crippen molar-refractivity contribution >= 4 is 17.5 Å². The van der Waals surface area contributed by atoms with Crippen molar-refractivity contribution in [2.45, 2.75) is 39.7 Å². The summed E-state index contributed by atoms with van der Waals surface area (Å²) >= 11 is 0. The predicted octanol–water partition coefficient (Wildman–Crippen LogP) is 3.62. The summed E-state index contributed by atoms with van der Waals surface area (Å²) in [7, 11) is 0. The third-order valence-corrected chi connectivity index (χ3v) is 4.00. The monoisotopic (exact) mass is 340 g/mol. The van der Waals surface area contributed by atoms with E-state index < -0.39 is 12.0 Å². The molecule has 1 unspecified atom stereocenters. The molecule has 0 saturated heterocycles. The van der Waals surface area contributed by atoms with Crippen LogP contribution in [0.15, 0.2) is 42.5 Å². The Bertz CT molecular complexity index is 784. The maximum atomic E-state index is 12.4. The number of carbonyl (C=O) groups is 2. The topological polar surface area (TPSA) is 81.4 Å². The van der Waals surface area contributed by atoms with Crippen molar-refractivity contribution in [3.05, 3.63) is 59.2 Å². The van der Waals surface area contributed by atoms with Gasteiger partial charge in [-0.2, -0.15) is 0 Å². The number of ether oxygens (including phenoxy) is 1. The molecule has 1 atom stereocenters. The number of nitrogens with one attached hydrogen (secondary N) is 1. The van der Waals surface area contributed by atoms with Crippen LogP contribution in [0.3, 0.4) is 0 Å². The molecule has 2 rings (SSSR count). The third kappa shape index (κ3) is 4.59. The van der Waals surface area contributed by atoms with Crippen LogP contribution in [0.4, 0.5) is 5.69 Å². The van der Waals surface area contributed by atoms with E-state index in [0.717, 1.165) is 5.56 Å². The average Bonchev–Trinajstić information content (AvgIpc) is 2.54. The summed E-state index contributed by atoms with van der Waals surface area (Å²) in [6.45, 7) is 7.95. The lowest BCUT2D eigenvalue weighted by Crippen LogP contribution is -2.31. The summed E-state index contributed by atoms with van der Waals surface area (Å²) in [6, 6.07) is 12.4. The fraction of sp³-hybridized carbons (Fsp3) is 0.300. The van der Waals surface area contributed by atoms with E-state index in [1.165, 1.54) is 5.56 Å². The van der Waals surface area contributed by atoms with Gasteiger partial charge in [-0.1, -0.05) is 32.0 Å². The second-order valence-corrected chi connectivity index (χ2v) is 6.33. The quantitative estimate of drug-likeness (QED) is 0.842. The lowest BCUT2D eigenvalue weighted by atomic mass is 9.98. The average molecular weight is 340 g/mol. The van der Waals surface area contributed by atoms with Gasteiger partial charge in [0.15, 0.2) is 6.10 Å². The summed E-state index contributed by atoms with van der Waals surface area (Å²) in [4.78, 5) is 23.8. The number of hydrogen-bond donors (Lipinski definition) is 2. The minimum absolute atomic E-state index is 0.264. The highest BCUT2D eigenvalue weighted by Gasteiger charge is 2.18. The molecule has 0 saturated carbocycles. The van der Waals surface area contributed by atoms with Crippen molar-refractivity contribution in [1.82, 2.24) is 0 Å². The molecule has 0 aromatic heterocycles. The summed E-state index contributed by atoms with van der Waals surface area (Å²) in [5, 5.41) is 2.69. The van der Waals surface area contributed by atoms with Gasteiger partial charge in [-0.15, -0.1) is 0 Å². The van der Waals surface area contributed by atoms with Crippen molar-refractivity contribution < 1.29 is 14.3 Å². The zero-order chi connectivity index (χ0) is 18.6. The normalized spacial score (nSPS) is 11.9. The lowest BCUT2D eigenvalue weighted by molar-refractivity contribution is -0.122. The van der Waals surface area contributed by atoms with E-state index in [2.05, 4.69) is 19.2 Å². The van der Waals surface area contributed by atoms with Crippen LogP contribution in [0.1, 0.15) is 48.2 Å². The van der Waals surface area contributed by atoms with Gasteiger partial charge >= 0.3 is 0 Å². The number of anilines is 1. The molecule has 5 heteroatoms. The van der Waals surface area contributed by atoms with Crippen LogP contribution in [0.25, 0.3) is 0 Å². The van der Waals surface area contributed by atoms with E-state index in [0.29, 0.717) is 17.4 Å². The molecule has 0 radical (unpaired) electrons. The SMILES string of the molecule is Cc1cc(OC(C)C(=O)Nc2ccccc2C(N)=O)ccc1C(C)C. The van der Waals surface area contributed by atoms with E-state index in [4.69, 9.17) is 10.5 Å². The highest BCUT2D eigenvalue weighted by atomic mass is 16.5. The van der Waals surface area contributed by atoms with Crippen LogP contribution in [-0.2, 0) is 4.79 Å². The molecule has 0 spiro atoms. The summed E-state index contributed by atoms with van der Waals surface area (Å²) in [5.41, 5.74) is 8.34. The molecule has 0 fully saturated rings. The largest absolute Gasteiger partial charge is 0.481 e. The van der Waals surface area contributed by atoms with E-state index in [9.17, 15) is 9.59 Å². The molecule has 2 aromatic carbocycles. The van der Waals surface area contributed by atoms with Gasteiger partial charge in [0, 0.05) is 0 Å². The minimum Gasteiger partial charge on any atom is -0.481 e. The molecular formula is C20H24N2O3. The Labute approximate surface area is 148 Å². The first-order valence-corrected chi connectivity index (χ1v) is 8.26. The Hall–Kier alpha value is -2.82. The molecule has 0 aliphatic carbocycles. The van der Waals surface area contributed by atoms with Crippen molar-refractivity contribution in [3.8, 4) is 5.75 Å². The molecule has 2 aromatic rings. The number of carbonyl (C=O) groups excluding carboxylic acids is 2. The first kappa shape index (κ1) is 18.5. The third-order valence-electron chi connectivity index (χ3n) is 4.00. The second kappa shape index (κ2) is 7.83. The number of aryl methyl sites for hydroxylation is 1. The Morgan fingerprint density at radius 1 is 1.08 bits per heavy atom. The van der Waals surface area contributed by atoms with Crippen molar-refractivity contribution in [2.75, 3.05) is 5.32 Å². The molecule has 0 heterocycles. The highest BCUT2D eigenvalue weighted by Crippen LogP contribution is 2.24. The summed E-state index contributed by atoms with van der Waals surface area (Å²) in [6.07, 6.45) is -0.717. The van der Waals surface area contributed by atoms with Crippen molar-refractivity contribution in [3.63, 3.8) is 0 Å². The highest BCUT2D eigenvalue weighted by molar-refractivity contribution is 6.03. The lowest BCUT2D eigenvalue weighted by Gasteiger charge is -2.17. The van der Waals surface area contributed by atoms with Crippen LogP contribution in [0.2, 0.25) is 0 Å². The molecule has 0 bridgehead atoms. The van der Waals surface area contributed by atoms with Crippen LogP contribution in [-0.4, -0.2) is 17.9 Å². The number of para-hydroxylation sites is 1. The second-order valence-electron chi connectivity index (χ2n) is 6.33. The fourth-order valence-electron chi connectivity index (χ4n) is 2.67. The minimum atomic E-state index is -0.717. The van der Waals surface area contributed by atoms with Gasteiger partial charge < -0.3 is 15.8 Å². The Morgan fingerprint density at radius 3 is 2.36 bits per heavy atom. The zero-order valence-corrected chi connectivity index (χ0v) is 15.0. The molecular weight excluding hydrogens is 316 g/mol. The predicted molar refractivity (Wildman–Crippen MR) is 98.9 cm³/mol. The molecule has 3 N–H and O–H groups in total. The first-order chi connectivity index (χ1) is 11.8. The molecule has 5 nitrogen and oxygen atoms in total. The van der Waals surface area contributed by atoms with Crippen LogP contribution < -0.4 is 15.8 Å². The van der Waals surface area contributed by atoms with Crippen LogP contribution in [0.5, 0.6) is 5.75 Å². The Balaban J connectivity index is 2.09. The maximum absolute atomic E-state index is 12.4. The van der Waals surface area contributed by atoms with E-state index >= 15 is 0 Å². The van der Waals surface area contributed by atoms with Crippen molar-refractivity contribution in [2.24, 2.45) is 5.73 Å². The first-order valence-electron chi connectivity index (χ1n) is 8.26. The van der Waals surface area contributed by atoms with Gasteiger partial charge in [0.2, 0.25) is 0 Å². The summed E-state index contributed by atoms with van der Waals surface area (Å²) in [5.74, 6) is 0.122. The van der Waals surface area contributed by atoms with E-state index in [-0.39, 0.29) is 11.5 Å². The Kier molecular flexibility index (Phi) is 5.80. The van der Waals surface area contributed by atoms with Gasteiger partial charge in [0.25, 0.3) is 11.8 Å². The number of nitrogens with two attached hydrogens (primary N) is 1. The number of hydrogen-bond acceptors (Lipinski definition) is 3. The molecule has 2 amide bonds. The van der Waals surface area contributed by atoms with Crippen LogP contribution >= 0.6 is 0 Å². The number of rotatable bonds is 6. The van der Waals surface area contributed by atoms with Crippen molar-refractivity contribution in [1.29, 1.82) is 0 Å². The summed E-state index contributed by atoms with van der Waals surface area (Å²) < 4.78 is 5.74. The Morgan fingerprint density at radius 2 is 1.76 bits per heavy atom. The molecule has 0 aliphatic heterocycles. The maximum Gasteiger partial charge on any atom is 0.265 e. The number of benzene rings is 2. The van der Waals surface area contributed by atoms with Gasteiger partial charge in [-0.3, -0.25) is 9.59 Å². The fourth-order valence-corrected chi connectivity index (χ4v) is 2.67. The van der Waals surface area contributed by atoms with Gasteiger partial charge in [-0.25, -0.2) is 0 Å². The van der Waals surface area contributed by atoms with Gasteiger partial charge in [-0.05, 0) is 55.2 Å². The zero-order valence-electron chi connectivity index (χ0n) is 15.0.